The zero-order chi connectivity index (χ0) is 18.6. The number of thiophene rings is 1. The van der Waals surface area contributed by atoms with E-state index in [1.807, 2.05) is 16.8 Å². The van der Waals surface area contributed by atoms with E-state index in [2.05, 4.69) is 20.8 Å². The SMILES string of the molecule is O=C(CCc1nnc(-c2ccsc2)o1)Nc1ccccc1C(=O)NC1CC1. The maximum Gasteiger partial charge on any atom is 0.253 e. The van der Waals surface area contributed by atoms with E-state index in [0.29, 0.717) is 29.5 Å². The standard InChI is InChI=1S/C19H18N4O3S/c24-16(7-8-17-22-23-19(26-17)12-9-10-27-11-12)21-15-4-2-1-3-14(15)18(25)20-13-5-6-13/h1-4,9-11,13H,5-8H2,(H,20,25)(H,21,24). The Bertz CT molecular complexity index is 948. The molecule has 2 amide bonds. The zero-order valence-electron chi connectivity index (χ0n) is 14.5. The fraction of sp³-hybridized carbons (Fsp3) is 0.263. The predicted octanol–water partition coefficient (Wildman–Crippen LogP) is 3.26. The number of para-hydroxylation sites is 1. The summed E-state index contributed by atoms with van der Waals surface area (Å²) in [6, 6.07) is 9.16. The number of rotatable bonds is 7. The summed E-state index contributed by atoms with van der Waals surface area (Å²) in [6.45, 7) is 0. The molecular weight excluding hydrogens is 364 g/mol. The first kappa shape index (κ1) is 17.4. The van der Waals surface area contributed by atoms with Crippen LogP contribution in [0.2, 0.25) is 0 Å². The van der Waals surface area contributed by atoms with Crippen LogP contribution in [0.25, 0.3) is 11.5 Å². The van der Waals surface area contributed by atoms with Crippen LogP contribution in [-0.4, -0.2) is 28.1 Å². The maximum atomic E-state index is 12.3. The normalized spacial score (nSPS) is 13.3. The molecule has 1 fully saturated rings. The first-order chi connectivity index (χ1) is 13.2. The largest absolute Gasteiger partial charge is 0.421 e. The van der Waals surface area contributed by atoms with Crippen molar-refractivity contribution in [2.75, 3.05) is 5.32 Å². The minimum Gasteiger partial charge on any atom is -0.421 e. The van der Waals surface area contributed by atoms with Gasteiger partial charge >= 0.3 is 0 Å². The molecule has 0 radical (unpaired) electrons. The number of hydrogen-bond acceptors (Lipinski definition) is 6. The molecule has 138 valence electrons. The molecule has 27 heavy (non-hydrogen) atoms. The van der Waals surface area contributed by atoms with Gasteiger partial charge in [0.15, 0.2) is 0 Å². The molecule has 1 aliphatic rings. The van der Waals surface area contributed by atoms with E-state index in [0.717, 1.165) is 18.4 Å². The van der Waals surface area contributed by atoms with Crippen molar-refractivity contribution in [1.82, 2.24) is 15.5 Å². The molecule has 1 aromatic carbocycles. The molecule has 4 rings (SSSR count). The second kappa shape index (κ2) is 7.71. The van der Waals surface area contributed by atoms with Crippen LogP contribution >= 0.6 is 11.3 Å². The van der Waals surface area contributed by atoms with Gasteiger partial charge in [0.05, 0.1) is 11.3 Å². The average molecular weight is 382 g/mol. The van der Waals surface area contributed by atoms with Crippen LogP contribution in [0.3, 0.4) is 0 Å². The predicted molar refractivity (Wildman–Crippen MR) is 101 cm³/mol. The highest BCUT2D eigenvalue weighted by atomic mass is 32.1. The molecule has 2 heterocycles. The molecule has 2 N–H and O–H groups in total. The number of aryl methyl sites for hydroxylation is 1. The minimum atomic E-state index is -0.211. The molecule has 0 bridgehead atoms. The van der Waals surface area contributed by atoms with Gasteiger partial charge in [-0.1, -0.05) is 12.1 Å². The molecule has 0 aliphatic heterocycles. The fourth-order valence-electron chi connectivity index (χ4n) is 2.57. The number of nitrogens with zero attached hydrogens (tertiary/aromatic N) is 2. The first-order valence-electron chi connectivity index (χ1n) is 8.74. The number of anilines is 1. The summed E-state index contributed by atoms with van der Waals surface area (Å²) in [5.74, 6) is 0.488. The van der Waals surface area contributed by atoms with E-state index in [4.69, 9.17) is 4.42 Å². The van der Waals surface area contributed by atoms with Crippen molar-refractivity contribution in [2.24, 2.45) is 0 Å². The minimum absolute atomic E-state index is 0.161. The van der Waals surface area contributed by atoms with Gasteiger partial charge in [0.2, 0.25) is 17.7 Å². The molecule has 1 saturated carbocycles. The summed E-state index contributed by atoms with van der Waals surface area (Å²) < 4.78 is 5.58. The van der Waals surface area contributed by atoms with Crippen molar-refractivity contribution >= 4 is 28.8 Å². The molecule has 8 heteroatoms. The van der Waals surface area contributed by atoms with Crippen LogP contribution in [0.1, 0.15) is 35.5 Å². The Hall–Kier alpha value is -3.00. The van der Waals surface area contributed by atoms with Crippen molar-refractivity contribution in [3.8, 4) is 11.5 Å². The van der Waals surface area contributed by atoms with Gasteiger partial charge in [0, 0.05) is 29.8 Å². The van der Waals surface area contributed by atoms with Gasteiger partial charge in [-0.05, 0) is 36.4 Å². The average Bonchev–Trinajstić information content (AvgIpc) is 3.13. The highest BCUT2D eigenvalue weighted by Crippen LogP contribution is 2.22. The van der Waals surface area contributed by atoms with Crippen molar-refractivity contribution < 1.29 is 14.0 Å². The Morgan fingerprint density at radius 2 is 2.04 bits per heavy atom. The van der Waals surface area contributed by atoms with Crippen LogP contribution in [0, 0.1) is 0 Å². The van der Waals surface area contributed by atoms with E-state index < -0.39 is 0 Å². The number of benzene rings is 1. The summed E-state index contributed by atoms with van der Waals surface area (Å²) in [5, 5.41) is 17.6. The van der Waals surface area contributed by atoms with Crippen LogP contribution < -0.4 is 10.6 Å². The summed E-state index contributed by atoms with van der Waals surface area (Å²) >= 11 is 1.55. The smallest absolute Gasteiger partial charge is 0.253 e. The van der Waals surface area contributed by atoms with E-state index in [1.165, 1.54) is 0 Å². The monoisotopic (exact) mass is 382 g/mol. The summed E-state index contributed by atoms with van der Waals surface area (Å²) in [4.78, 5) is 24.6. The van der Waals surface area contributed by atoms with E-state index >= 15 is 0 Å². The lowest BCUT2D eigenvalue weighted by atomic mass is 10.1. The number of amides is 2. The second-order valence-electron chi connectivity index (χ2n) is 6.35. The number of carbonyl (C=O) groups is 2. The molecular formula is C19H18N4O3S. The third-order valence-corrected chi connectivity index (χ3v) is 4.84. The lowest BCUT2D eigenvalue weighted by Gasteiger charge is -2.10. The summed E-state index contributed by atoms with van der Waals surface area (Å²) in [6.07, 6.45) is 2.54. The quantitative estimate of drug-likeness (QED) is 0.654. The van der Waals surface area contributed by atoms with Gasteiger partial charge in [-0.3, -0.25) is 9.59 Å². The van der Waals surface area contributed by atoms with Crippen LogP contribution in [0.4, 0.5) is 5.69 Å². The van der Waals surface area contributed by atoms with Gasteiger partial charge in [0.1, 0.15) is 0 Å². The van der Waals surface area contributed by atoms with E-state index in [-0.39, 0.29) is 24.3 Å². The Balaban J connectivity index is 1.35. The maximum absolute atomic E-state index is 12.3. The highest BCUT2D eigenvalue weighted by molar-refractivity contribution is 7.08. The van der Waals surface area contributed by atoms with Gasteiger partial charge in [-0.2, -0.15) is 11.3 Å². The van der Waals surface area contributed by atoms with Gasteiger partial charge < -0.3 is 15.1 Å². The zero-order valence-corrected chi connectivity index (χ0v) is 15.3. The molecule has 7 nitrogen and oxygen atoms in total. The Labute approximate surface area is 159 Å². The number of hydrogen-bond donors (Lipinski definition) is 2. The van der Waals surface area contributed by atoms with Crippen LogP contribution in [0.15, 0.2) is 45.5 Å². The van der Waals surface area contributed by atoms with Gasteiger partial charge in [-0.15, -0.1) is 10.2 Å². The third kappa shape index (κ3) is 4.40. The molecule has 0 atom stereocenters. The van der Waals surface area contributed by atoms with Gasteiger partial charge in [0.25, 0.3) is 5.91 Å². The second-order valence-corrected chi connectivity index (χ2v) is 7.13. The Morgan fingerprint density at radius 3 is 2.81 bits per heavy atom. The number of carbonyl (C=O) groups excluding carboxylic acids is 2. The molecule has 0 unspecified atom stereocenters. The summed E-state index contributed by atoms with van der Waals surface area (Å²) in [7, 11) is 0. The van der Waals surface area contributed by atoms with Gasteiger partial charge in [-0.25, -0.2) is 0 Å². The number of aromatic nitrogens is 2. The molecule has 0 spiro atoms. The van der Waals surface area contributed by atoms with Crippen molar-refractivity contribution in [1.29, 1.82) is 0 Å². The van der Waals surface area contributed by atoms with E-state index in [9.17, 15) is 9.59 Å². The van der Waals surface area contributed by atoms with Crippen LogP contribution in [0.5, 0.6) is 0 Å². The molecule has 3 aromatic rings. The first-order valence-corrected chi connectivity index (χ1v) is 9.68. The van der Waals surface area contributed by atoms with Crippen molar-refractivity contribution in [3.63, 3.8) is 0 Å². The summed E-state index contributed by atoms with van der Waals surface area (Å²) in [5.41, 5.74) is 1.85. The fourth-order valence-corrected chi connectivity index (χ4v) is 3.20. The van der Waals surface area contributed by atoms with Crippen molar-refractivity contribution in [3.05, 3.63) is 52.5 Å². The van der Waals surface area contributed by atoms with Crippen LogP contribution in [-0.2, 0) is 11.2 Å². The lowest BCUT2D eigenvalue weighted by molar-refractivity contribution is -0.116. The molecule has 0 saturated heterocycles. The number of nitrogens with one attached hydrogen (secondary N) is 2. The highest BCUT2D eigenvalue weighted by Gasteiger charge is 2.25. The van der Waals surface area contributed by atoms with Crippen molar-refractivity contribution in [2.45, 2.75) is 31.7 Å². The molecule has 2 aromatic heterocycles. The third-order valence-electron chi connectivity index (χ3n) is 4.16. The Morgan fingerprint density at radius 1 is 1.19 bits per heavy atom. The Kier molecular flexibility index (Phi) is 4.97. The van der Waals surface area contributed by atoms with E-state index in [1.54, 1.807) is 35.6 Å². The molecule has 1 aliphatic carbocycles. The topological polar surface area (TPSA) is 97.1 Å². The lowest BCUT2D eigenvalue weighted by Crippen LogP contribution is -2.27.